The van der Waals surface area contributed by atoms with Crippen LogP contribution in [-0.4, -0.2) is 52.6 Å². The smallest absolute Gasteiger partial charge is 0.306 e. The Kier molecular flexibility index (Phi) is 6.00. The Bertz CT molecular complexity index is 400. The van der Waals surface area contributed by atoms with Crippen LogP contribution in [0.4, 0.5) is 0 Å². The summed E-state index contributed by atoms with van der Waals surface area (Å²) < 4.78 is 0.722. The van der Waals surface area contributed by atoms with Gasteiger partial charge in [0.2, 0.25) is 0 Å². The third-order valence-electron chi connectivity index (χ3n) is 2.75. The molecule has 2 rings (SSSR count). The van der Waals surface area contributed by atoms with Gasteiger partial charge < -0.3 is 10.0 Å². The predicted molar refractivity (Wildman–Crippen MR) is 69.5 cm³/mol. The maximum atomic E-state index is 10.4. The van der Waals surface area contributed by atoms with Gasteiger partial charge in [-0.1, -0.05) is 0 Å². The first-order chi connectivity index (χ1) is 8.52. The summed E-state index contributed by atoms with van der Waals surface area (Å²) in [6.45, 7) is 1.86. The second kappa shape index (κ2) is 7.27. The highest BCUT2D eigenvalue weighted by Crippen LogP contribution is 2.15. The number of hydrogen-bond donors (Lipinski definition) is 2. The number of aromatic amines is 1. The molecule has 2 N–H and O–H groups in total. The first-order valence-corrected chi connectivity index (χ1v) is 6.39. The molecule has 0 unspecified atom stereocenters. The standard InChI is InChI=1S/C7H13NO2.C4H3BrN2O/c1-8-4-2-6(3-5-8)7(9)10;5-4-1-3(2-8)6-7-4/h6H,2-5H2,1H3,(H,9,10);1-2H,(H,6,7). The Morgan fingerprint density at radius 3 is 2.56 bits per heavy atom. The lowest BCUT2D eigenvalue weighted by atomic mass is 9.98. The number of hydrogen-bond acceptors (Lipinski definition) is 4. The van der Waals surface area contributed by atoms with Gasteiger partial charge in [0.05, 0.1) is 5.92 Å². The summed E-state index contributed by atoms with van der Waals surface area (Å²) >= 11 is 3.10. The summed E-state index contributed by atoms with van der Waals surface area (Å²) in [6.07, 6.45) is 2.30. The van der Waals surface area contributed by atoms with E-state index in [9.17, 15) is 9.59 Å². The molecule has 0 atom stereocenters. The summed E-state index contributed by atoms with van der Waals surface area (Å²) in [5.74, 6) is -0.718. The molecular weight excluding hydrogens is 302 g/mol. The summed E-state index contributed by atoms with van der Waals surface area (Å²) in [7, 11) is 2.03. The lowest BCUT2D eigenvalue weighted by Crippen LogP contribution is -2.33. The van der Waals surface area contributed by atoms with E-state index in [0.29, 0.717) is 12.0 Å². The molecule has 0 saturated carbocycles. The first kappa shape index (κ1) is 14.8. The molecule has 1 fully saturated rings. The maximum absolute atomic E-state index is 10.4. The van der Waals surface area contributed by atoms with Crippen LogP contribution in [-0.2, 0) is 4.79 Å². The van der Waals surface area contributed by atoms with Crippen LogP contribution >= 0.6 is 15.9 Å². The first-order valence-electron chi connectivity index (χ1n) is 5.60. The number of carboxylic acid groups (broad SMARTS) is 1. The fourth-order valence-corrected chi connectivity index (χ4v) is 1.95. The fourth-order valence-electron chi connectivity index (χ4n) is 1.63. The number of H-pyrrole nitrogens is 1. The lowest BCUT2D eigenvalue weighted by Gasteiger charge is -2.25. The van der Waals surface area contributed by atoms with E-state index in [0.717, 1.165) is 30.5 Å². The largest absolute Gasteiger partial charge is 0.481 e. The van der Waals surface area contributed by atoms with Crippen molar-refractivity contribution in [3.8, 4) is 0 Å². The molecule has 0 amide bonds. The van der Waals surface area contributed by atoms with E-state index < -0.39 is 5.97 Å². The Hall–Kier alpha value is -1.21. The van der Waals surface area contributed by atoms with Crippen LogP contribution in [0.15, 0.2) is 10.7 Å². The number of nitrogens with zero attached hydrogens (tertiary/aromatic N) is 2. The average Bonchev–Trinajstić information content (AvgIpc) is 2.76. The van der Waals surface area contributed by atoms with Gasteiger partial charge in [-0.25, -0.2) is 0 Å². The highest BCUT2D eigenvalue weighted by atomic mass is 79.9. The van der Waals surface area contributed by atoms with Crippen molar-refractivity contribution in [3.05, 3.63) is 16.4 Å². The maximum Gasteiger partial charge on any atom is 0.306 e. The van der Waals surface area contributed by atoms with Crippen LogP contribution in [0.5, 0.6) is 0 Å². The molecule has 1 aromatic heterocycles. The van der Waals surface area contributed by atoms with E-state index in [2.05, 4.69) is 31.0 Å². The number of aromatic nitrogens is 2. The van der Waals surface area contributed by atoms with Crippen molar-refractivity contribution in [3.63, 3.8) is 0 Å². The fraction of sp³-hybridized carbons (Fsp3) is 0.545. The highest BCUT2D eigenvalue weighted by molar-refractivity contribution is 9.10. The van der Waals surface area contributed by atoms with Gasteiger partial charge in [0.15, 0.2) is 6.29 Å². The van der Waals surface area contributed by atoms with Gasteiger partial charge in [-0.3, -0.25) is 14.7 Å². The molecule has 6 nitrogen and oxygen atoms in total. The zero-order chi connectivity index (χ0) is 13.5. The SMILES string of the molecule is CN1CCC(C(=O)O)CC1.O=Cc1cc(Br)[nH]n1. The summed E-state index contributed by atoms with van der Waals surface area (Å²) in [5, 5.41) is 14.8. The molecule has 1 aliphatic heterocycles. The number of carbonyl (C=O) groups excluding carboxylic acids is 1. The second-order valence-corrected chi connectivity index (χ2v) is 5.03. The zero-order valence-corrected chi connectivity index (χ0v) is 11.7. The molecule has 0 bridgehead atoms. The summed E-state index contributed by atoms with van der Waals surface area (Å²) in [5.41, 5.74) is 0.414. The van der Waals surface area contributed by atoms with E-state index >= 15 is 0 Å². The second-order valence-electron chi connectivity index (χ2n) is 4.17. The molecule has 100 valence electrons. The number of carboxylic acids is 1. The number of aliphatic carboxylic acids is 1. The van der Waals surface area contributed by atoms with Crippen LogP contribution in [0.3, 0.4) is 0 Å². The topological polar surface area (TPSA) is 86.3 Å². The van der Waals surface area contributed by atoms with Gasteiger partial charge >= 0.3 is 5.97 Å². The number of halogens is 1. The molecule has 7 heteroatoms. The number of rotatable bonds is 2. The van der Waals surface area contributed by atoms with Crippen molar-refractivity contribution < 1.29 is 14.7 Å². The summed E-state index contributed by atoms with van der Waals surface area (Å²) in [4.78, 5) is 22.5. The normalized spacial score (nSPS) is 16.8. The molecule has 0 aliphatic carbocycles. The van der Waals surface area contributed by atoms with Gasteiger partial charge in [0.25, 0.3) is 0 Å². The minimum atomic E-state index is -0.631. The number of aldehydes is 1. The Morgan fingerprint density at radius 2 is 2.22 bits per heavy atom. The van der Waals surface area contributed by atoms with Crippen molar-refractivity contribution in [2.24, 2.45) is 5.92 Å². The van der Waals surface area contributed by atoms with Crippen molar-refractivity contribution in [1.82, 2.24) is 15.1 Å². The zero-order valence-electron chi connectivity index (χ0n) is 10.1. The minimum Gasteiger partial charge on any atom is -0.481 e. The Morgan fingerprint density at radius 1 is 1.61 bits per heavy atom. The third-order valence-corrected chi connectivity index (χ3v) is 3.16. The average molecular weight is 318 g/mol. The molecular formula is C11H16BrN3O3. The van der Waals surface area contributed by atoms with Gasteiger partial charge in [0.1, 0.15) is 10.3 Å². The lowest BCUT2D eigenvalue weighted by molar-refractivity contribution is -0.143. The Balaban J connectivity index is 0.000000184. The van der Waals surface area contributed by atoms with Crippen LogP contribution in [0.1, 0.15) is 23.3 Å². The Labute approximate surface area is 113 Å². The van der Waals surface area contributed by atoms with E-state index in [-0.39, 0.29) is 5.92 Å². The minimum absolute atomic E-state index is 0.0869. The van der Waals surface area contributed by atoms with Crippen LogP contribution in [0.2, 0.25) is 0 Å². The number of likely N-dealkylation sites (tertiary alicyclic amines) is 1. The van der Waals surface area contributed by atoms with Gasteiger partial charge in [0, 0.05) is 6.07 Å². The summed E-state index contributed by atoms with van der Waals surface area (Å²) in [6, 6.07) is 1.60. The molecule has 1 saturated heterocycles. The monoisotopic (exact) mass is 317 g/mol. The molecule has 0 spiro atoms. The molecule has 0 aromatic carbocycles. The molecule has 1 aromatic rings. The van der Waals surface area contributed by atoms with Crippen molar-refractivity contribution in [2.75, 3.05) is 20.1 Å². The van der Waals surface area contributed by atoms with Gasteiger partial charge in [-0.15, -0.1) is 0 Å². The van der Waals surface area contributed by atoms with Crippen LogP contribution in [0.25, 0.3) is 0 Å². The van der Waals surface area contributed by atoms with Crippen molar-refractivity contribution in [2.45, 2.75) is 12.8 Å². The quantitative estimate of drug-likeness (QED) is 0.805. The molecule has 0 radical (unpaired) electrons. The van der Waals surface area contributed by atoms with E-state index in [4.69, 9.17) is 5.11 Å². The van der Waals surface area contributed by atoms with Crippen molar-refractivity contribution in [1.29, 1.82) is 0 Å². The predicted octanol–water partition coefficient (Wildman–Crippen LogP) is 1.40. The van der Waals surface area contributed by atoms with Crippen molar-refractivity contribution >= 4 is 28.2 Å². The molecule has 18 heavy (non-hydrogen) atoms. The number of nitrogens with one attached hydrogen (secondary N) is 1. The van der Waals surface area contributed by atoms with Gasteiger partial charge in [-0.05, 0) is 48.9 Å². The van der Waals surface area contributed by atoms with E-state index in [1.165, 1.54) is 0 Å². The van der Waals surface area contributed by atoms with E-state index in [1.54, 1.807) is 6.07 Å². The number of carbonyl (C=O) groups is 2. The number of piperidine rings is 1. The van der Waals surface area contributed by atoms with Crippen LogP contribution in [0, 0.1) is 5.92 Å². The third kappa shape index (κ3) is 4.97. The molecule has 2 heterocycles. The van der Waals surface area contributed by atoms with E-state index in [1.807, 2.05) is 7.05 Å². The van der Waals surface area contributed by atoms with Crippen LogP contribution < -0.4 is 0 Å². The highest BCUT2D eigenvalue weighted by Gasteiger charge is 2.21. The van der Waals surface area contributed by atoms with Gasteiger partial charge in [-0.2, -0.15) is 5.10 Å². The molecule has 1 aliphatic rings.